The molecular weight excluding hydrogens is 190 g/mol. The lowest BCUT2D eigenvalue weighted by Crippen LogP contribution is -2.56. The van der Waals surface area contributed by atoms with Gasteiger partial charge in [0.25, 0.3) is 0 Å². The maximum Gasteiger partial charge on any atom is 0.225 e. The second kappa shape index (κ2) is 3.82. The number of aliphatic hydroxyl groups is 2. The van der Waals surface area contributed by atoms with Crippen molar-refractivity contribution in [3.8, 4) is 0 Å². The van der Waals surface area contributed by atoms with Gasteiger partial charge in [-0.2, -0.15) is 4.89 Å². The molecule has 0 aromatic carbocycles. The van der Waals surface area contributed by atoms with Crippen LogP contribution in [0.15, 0.2) is 4.99 Å². The predicted molar refractivity (Wildman–Crippen MR) is 45.7 cm³/mol. The summed E-state index contributed by atoms with van der Waals surface area (Å²) in [6.07, 6.45) is -2.08. The maximum atomic E-state index is 9.69. The average Bonchev–Trinajstić information content (AvgIpc) is 2.18. The molecule has 0 aromatic rings. The van der Waals surface area contributed by atoms with Crippen molar-refractivity contribution in [1.29, 1.82) is 0 Å². The zero-order valence-electron chi connectivity index (χ0n) is 7.79. The molecule has 0 radical (unpaired) electrons. The summed E-state index contributed by atoms with van der Waals surface area (Å²) >= 11 is 0. The van der Waals surface area contributed by atoms with Crippen molar-refractivity contribution in [3.63, 3.8) is 0 Å². The van der Waals surface area contributed by atoms with Crippen LogP contribution in [0.4, 0.5) is 0 Å². The summed E-state index contributed by atoms with van der Waals surface area (Å²) in [5, 5.41) is 18.6. The number of fused-ring (bicyclic) bond motifs is 1. The highest BCUT2D eigenvalue weighted by Crippen LogP contribution is 2.23. The Morgan fingerprint density at radius 3 is 3.07 bits per heavy atom. The van der Waals surface area contributed by atoms with E-state index in [1.54, 1.807) is 6.92 Å². The van der Waals surface area contributed by atoms with Crippen molar-refractivity contribution in [2.24, 2.45) is 4.99 Å². The van der Waals surface area contributed by atoms with Gasteiger partial charge in [-0.3, -0.25) is 0 Å². The monoisotopic (exact) mass is 203 g/mol. The molecule has 2 aliphatic heterocycles. The van der Waals surface area contributed by atoms with Crippen LogP contribution in [0.5, 0.6) is 0 Å². The average molecular weight is 203 g/mol. The molecule has 0 spiro atoms. The van der Waals surface area contributed by atoms with Crippen molar-refractivity contribution in [2.75, 3.05) is 13.2 Å². The van der Waals surface area contributed by atoms with E-state index in [1.807, 2.05) is 0 Å². The first kappa shape index (κ1) is 9.85. The van der Waals surface area contributed by atoms with Crippen molar-refractivity contribution in [1.82, 2.24) is 0 Å². The first-order chi connectivity index (χ1) is 6.72. The molecule has 0 amide bonds. The lowest BCUT2D eigenvalue weighted by atomic mass is 9.99. The van der Waals surface area contributed by atoms with Crippen LogP contribution in [-0.2, 0) is 14.5 Å². The third-order valence-corrected chi connectivity index (χ3v) is 2.39. The molecular formula is C8H13NO5. The normalized spacial score (nSPS) is 42.4. The van der Waals surface area contributed by atoms with Gasteiger partial charge in [-0.25, -0.2) is 4.99 Å². The highest BCUT2D eigenvalue weighted by molar-refractivity contribution is 5.73. The first-order valence-corrected chi connectivity index (χ1v) is 4.50. The summed E-state index contributed by atoms with van der Waals surface area (Å²) in [6.45, 7) is 1.75. The summed E-state index contributed by atoms with van der Waals surface area (Å²) in [7, 11) is 0. The number of ether oxygens (including phenoxy) is 1. The summed E-state index contributed by atoms with van der Waals surface area (Å²) < 4.78 is 5.21. The van der Waals surface area contributed by atoms with Gasteiger partial charge in [0.2, 0.25) is 5.90 Å². The molecule has 14 heavy (non-hydrogen) atoms. The minimum Gasteiger partial charge on any atom is -0.394 e. The van der Waals surface area contributed by atoms with Crippen molar-refractivity contribution >= 4 is 5.90 Å². The Hall–Kier alpha value is -0.690. The van der Waals surface area contributed by atoms with Gasteiger partial charge < -0.3 is 19.8 Å². The largest absolute Gasteiger partial charge is 0.394 e. The molecule has 2 N–H and O–H groups in total. The lowest BCUT2D eigenvalue weighted by Gasteiger charge is -2.38. The zero-order chi connectivity index (χ0) is 10.1. The van der Waals surface area contributed by atoms with Gasteiger partial charge >= 0.3 is 0 Å². The van der Waals surface area contributed by atoms with Gasteiger partial charge in [0, 0.05) is 6.92 Å². The van der Waals surface area contributed by atoms with E-state index in [-0.39, 0.29) is 12.6 Å². The van der Waals surface area contributed by atoms with Crippen molar-refractivity contribution in [2.45, 2.75) is 31.3 Å². The lowest BCUT2D eigenvalue weighted by molar-refractivity contribution is -0.319. The van der Waals surface area contributed by atoms with E-state index >= 15 is 0 Å². The van der Waals surface area contributed by atoms with E-state index in [4.69, 9.17) is 19.6 Å². The Morgan fingerprint density at radius 2 is 2.36 bits per heavy atom. The van der Waals surface area contributed by atoms with Crippen LogP contribution in [0, 0.1) is 0 Å². The molecule has 1 fully saturated rings. The predicted octanol–water partition coefficient (Wildman–Crippen LogP) is -1.14. The van der Waals surface area contributed by atoms with Gasteiger partial charge in [-0.1, -0.05) is 0 Å². The van der Waals surface area contributed by atoms with E-state index in [0.717, 1.165) is 0 Å². The minimum atomic E-state index is -0.907. The quantitative estimate of drug-likeness (QED) is 0.526. The standard InChI is InChI=1S/C8H13NO5/c1-4-9-5-3-12-6(2-10)7(11)8(5)14-13-4/h5-8,10-11H,2-3H2,1H3/t5-,6+,7+,8+/m0/s1. The fourth-order valence-corrected chi connectivity index (χ4v) is 1.63. The van der Waals surface area contributed by atoms with Crippen molar-refractivity contribution in [3.05, 3.63) is 0 Å². The van der Waals surface area contributed by atoms with E-state index < -0.39 is 18.3 Å². The molecule has 0 aromatic heterocycles. The summed E-state index contributed by atoms with van der Waals surface area (Å²) in [5.41, 5.74) is 0. The number of hydrogen-bond donors (Lipinski definition) is 2. The highest BCUT2D eigenvalue weighted by Gasteiger charge is 2.43. The molecule has 2 heterocycles. The number of nitrogens with zero attached hydrogens (tertiary/aromatic N) is 1. The van der Waals surface area contributed by atoms with E-state index in [0.29, 0.717) is 12.5 Å². The molecule has 2 aliphatic rings. The van der Waals surface area contributed by atoms with E-state index in [2.05, 4.69) is 4.99 Å². The van der Waals surface area contributed by atoms with Crippen LogP contribution >= 0.6 is 0 Å². The Balaban J connectivity index is 2.09. The minimum absolute atomic E-state index is 0.240. The van der Waals surface area contributed by atoms with Crippen LogP contribution in [0.3, 0.4) is 0 Å². The molecule has 0 bridgehead atoms. The SMILES string of the molecule is CC1=N[C@H]2CO[C@H](CO)[C@@H](O)[C@@H]2OO1. The van der Waals surface area contributed by atoms with Crippen LogP contribution in [0.1, 0.15) is 6.92 Å². The number of rotatable bonds is 1. The molecule has 4 atom stereocenters. The van der Waals surface area contributed by atoms with Crippen LogP contribution in [-0.4, -0.2) is 53.7 Å². The number of aliphatic imine (C=N–C) groups is 1. The molecule has 0 saturated carbocycles. The van der Waals surface area contributed by atoms with Gasteiger partial charge in [-0.05, 0) is 0 Å². The zero-order valence-corrected chi connectivity index (χ0v) is 7.79. The van der Waals surface area contributed by atoms with Crippen LogP contribution in [0.25, 0.3) is 0 Å². The smallest absolute Gasteiger partial charge is 0.225 e. The topological polar surface area (TPSA) is 80.5 Å². The molecule has 0 aliphatic carbocycles. The summed E-state index contributed by atoms with van der Waals surface area (Å²) in [6, 6.07) is -0.249. The fourth-order valence-electron chi connectivity index (χ4n) is 1.63. The van der Waals surface area contributed by atoms with Gasteiger partial charge in [-0.15, -0.1) is 0 Å². The second-order valence-corrected chi connectivity index (χ2v) is 3.40. The van der Waals surface area contributed by atoms with Crippen LogP contribution in [0.2, 0.25) is 0 Å². The van der Waals surface area contributed by atoms with Gasteiger partial charge in [0.15, 0.2) is 6.10 Å². The Labute approximate surface area is 81.0 Å². The van der Waals surface area contributed by atoms with Crippen molar-refractivity contribution < 1.29 is 24.7 Å². The first-order valence-electron chi connectivity index (χ1n) is 4.50. The third kappa shape index (κ3) is 1.61. The molecule has 6 heteroatoms. The third-order valence-electron chi connectivity index (χ3n) is 2.39. The molecule has 6 nitrogen and oxygen atoms in total. The van der Waals surface area contributed by atoms with E-state index in [9.17, 15) is 5.11 Å². The van der Waals surface area contributed by atoms with Crippen LogP contribution < -0.4 is 0 Å². The fraction of sp³-hybridized carbons (Fsp3) is 0.875. The second-order valence-electron chi connectivity index (χ2n) is 3.40. The van der Waals surface area contributed by atoms with E-state index in [1.165, 1.54) is 0 Å². The van der Waals surface area contributed by atoms with Gasteiger partial charge in [0.05, 0.1) is 13.2 Å². The molecule has 80 valence electrons. The maximum absolute atomic E-state index is 9.69. The molecule has 0 unspecified atom stereocenters. The Bertz CT molecular complexity index is 244. The number of aliphatic hydroxyl groups excluding tert-OH is 2. The Kier molecular flexibility index (Phi) is 2.69. The summed E-state index contributed by atoms with van der Waals surface area (Å²) in [5.74, 6) is 0.421. The highest BCUT2D eigenvalue weighted by atomic mass is 17.2. The number of hydrogen-bond acceptors (Lipinski definition) is 6. The summed E-state index contributed by atoms with van der Waals surface area (Å²) in [4.78, 5) is 13.9. The molecule has 1 saturated heterocycles. The van der Waals surface area contributed by atoms with Gasteiger partial charge in [0.1, 0.15) is 18.2 Å². The Morgan fingerprint density at radius 1 is 1.57 bits per heavy atom. The molecule has 2 rings (SSSR count).